The van der Waals surface area contributed by atoms with E-state index in [1.807, 2.05) is 0 Å². The normalized spacial score (nSPS) is 6.00. The second kappa shape index (κ2) is 0.655. The van der Waals surface area contributed by atoms with Crippen LogP contribution < -0.4 is 0 Å². The number of hydrogen-bond acceptors (Lipinski definition) is 2. The summed E-state index contributed by atoms with van der Waals surface area (Å²) in [6.45, 7) is 0. The molecule has 0 fully saturated rings. The van der Waals surface area contributed by atoms with Crippen LogP contribution in [0.4, 0.5) is 0 Å². The fourth-order valence-corrected chi connectivity index (χ4v) is 0. The van der Waals surface area contributed by atoms with Crippen molar-refractivity contribution < 1.29 is 10.3 Å². The van der Waals surface area contributed by atoms with Gasteiger partial charge in [-0.2, -0.15) is 0 Å². The van der Waals surface area contributed by atoms with Crippen LogP contribution in [0.25, 0.3) is 0 Å². The van der Waals surface area contributed by atoms with Gasteiger partial charge in [0.2, 0.25) is 0 Å². The smallest absolute Gasteiger partial charge is 0.291 e. The summed E-state index contributed by atoms with van der Waals surface area (Å²) >= 11 is 0. The third kappa shape index (κ3) is 0.0750. The molecule has 0 rings (SSSR count). The highest BCUT2D eigenvalue weighted by Gasteiger charge is 1.65. The van der Waals surface area contributed by atoms with E-state index in [1.165, 1.54) is 0 Å². The molecule has 0 radical (unpaired) electrons. The van der Waals surface area contributed by atoms with Crippen molar-refractivity contribution in [2.45, 2.75) is 0 Å². The molecule has 0 spiro atoms. The molecule has 0 saturated carbocycles. The zero-order chi connectivity index (χ0) is 3.58. The van der Waals surface area contributed by atoms with Crippen LogP contribution in [0.1, 0.15) is 0 Å². The van der Waals surface area contributed by atoms with Crippen LogP contribution >= 0.6 is 0 Å². The number of hydrogen-bond donors (Lipinski definition) is 1. The van der Waals surface area contributed by atoms with E-state index in [2.05, 4.69) is 0 Å². The molecule has 0 saturated heterocycles. The van der Waals surface area contributed by atoms with Crippen molar-refractivity contribution in [3.63, 3.8) is 0 Å². The average Bonchev–Trinajstić information content (AvgIpc) is 0.811. The lowest BCUT2D eigenvalue weighted by Gasteiger charge is -1.56. The lowest BCUT2D eigenvalue weighted by atomic mass is 13.8. The van der Waals surface area contributed by atoms with Gasteiger partial charge in [0.05, 0.1) is 0 Å². The van der Waals surface area contributed by atoms with Gasteiger partial charge in [-0.3, -0.25) is 0 Å². The third-order valence-corrected chi connectivity index (χ3v) is 0. The van der Waals surface area contributed by atoms with Crippen molar-refractivity contribution in [2.75, 3.05) is 0 Å². The van der Waals surface area contributed by atoms with Crippen LogP contribution in [-0.2, 0) is 0 Å². The van der Waals surface area contributed by atoms with E-state index in [4.69, 9.17) is 15.3 Å². The Morgan fingerprint density at radius 2 is 2.00 bits per heavy atom. The Hall–Kier alpha value is -0.800. The molecule has 0 aliphatic heterocycles. The van der Waals surface area contributed by atoms with Gasteiger partial charge in [-0.05, 0) is 0 Å². The van der Waals surface area contributed by atoms with Crippen molar-refractivity contribution in [1.82, 2.24) is 0 Å². The molecule has 1 N–H and O–H groups in total. The summed E-state index contributed by atoms with van der Waals surface area (Å²) in [6.07, 6.45) is 0. The van der Waals surface area contributed by atoms with E-state index in [-0.39, 0.29) is 0 Å². The monoisotopic (exact) mass is 64.0 g/mol. The molecule has 0 aromatic heterocycles. The Bertz CT molecular complexity index is 26.3. The summed E-state index contributed by atoms with van der Waals surface area (Å²) in [7, 11) is 0. The van der Waals surface area contributed by atoms with Gasteiger partial charge >= 0.3 is 0 Å². The Labute approximate surface area is 21.8 Å². The van der Waals surface area contributed by atoms with Crippen LogP contribution in [0.5, 0.6) is 0 Å². The van der Waals surface area contributed by atoms with Crippen LogP contribution in [-0.4, -0.2) is 10.3 Å². The molecule has 4 nitrogen and oxygen atoms in total. The van der Waals surface area contributed by atoms with Gasteiger partial charge in [0.15, 0.2) is 0 Å². The second-order valence-corrected chi connectivity index (χ2v) is 0.238. The molecular formula is HNO3. The summed E-state index contributed by atoms with van der Waals surface area (Å²) in [4.78, 5) is 8.36. The maximum absolute atomic E-state index is 8.36. The Morgan fingerprint density at radius 1 is 2.00 bits per heavy atom. The minimum Gasteiger partial charge on any atom is -0.328 e. The van der Waals surface area contributed by atoms with Gasteiger partial charge in [-0.25, -0.2) is 0 Å². The minimum absolute atomic E-state index is 1.50. The van der Waals surface area contributed by atoms with Crippen LogP contribution in [0.15, 0.2) is 0 Å². The van der Waals surface area contributed by atoms with Gasteiger partial charge in [0, 0.05) is 0 Å². The predicted octanol–water partition coefficient (Wildman–Crippen LogP) is -0.348. The highest BCUT2D eigenvalue weighted by Crippen LogP contribution is 1.38. The van der Waals surface area contributed by atoms with Gasteiger partial charge in [0.1, 0.15) is 0 Å². The van der Waals surface area contributed by atoms with Crippen molar-refractivity contribution >= 4 is 0 Å². The molecular weight excluding hydrogens is 63.0 g/mol. The quantitative estimate of drug-likeness (QED) is 0.238. The van der Waals surface area contributed by atoms with E-state index < -0.39 is 5.09 Å². The first kappa shape index (κ1) is 3.20. The lowest BCUT2D eigenvalue weighted by molar-refractivity contribution is -0.742. The first-order chi connectivity index (χ1) is 1.73. The van der Waals surface area contributed by atoms with Gasteiger partial charge in [-0.15, -0.1) is 10.1 Å². The van der Waals surface area contributed by atoms with E-state index in [0.29, 0.717) is 0 Å². The highest BCUT2D eigenvalue weighted by atomic mass is 17.2. The maximum Gasteiger partial charge on any atom is 0.291 e. The molecule has 24 valence electrons. The molecule has 0 atom stereocenters. The summed E-state index contributed by atoms with van der Waals surface area (Å²) in [6, 6.07) is 0. The van der Waals surface area contributed by atoms with Gasteiger partial charge < -0.3 is 5.21 Å². The maximum atomic E-state index is 8.36. The average molecular weight is 64.0 g/mol. The fourth-order valence-electron chi connectivity index (χ4n) is 0. The Morgan fingerprint density at radius 3 is 2.00 bits per heavy atom. The molecule has 0 amide bonds. The summed E-state index contributed by atoms with van der Waals surface area (Å²) in [5.74, 6) is 0. The Balaban J connectivity index is 2.80. The molecule has 4 heavy (non-hydrogen) atoms. The fraction of sp³-hybridized carbons (Fsp3) is 0. The molecule has 0 heterocycles. The molecule has 0 aromatic rings. The first-order valence-electron chi connectivity index (χ1n) is 0.565. The van der Waals surface area contributed by atoms with E-state index in [9.17, 15) is 0 Å². The van der Waals surface area contributed by atoms with E-state index >= 15 is 0 Å². The summed E-state index contributed by atoms with van der Waals surface area (Å²) in [5.41, 5.74) is 0. The highest BCUT2D eigenvalue weighted by molar-refractivity contribution is 3.83. The van der Waals surface area contributed by atoms with Crippen molar-refractivity contribution in [2.24, 2.45) is 0 Å². The zero-order valence-corrected chi connectivity index (χ0v) is 1.71. The molecule has 0 aliphatic rings. The van der Waals surface area contributed by atoms with Crippen LogP contribution in [0.3, 0.4) is 0 Å². The van der Waals surface area contributed by atoms with Crippen molar-refractivity contribution in [3.05, 3.63) is 10.1 Å². The minimum atomic E-state index is -1.50. The molecule has 0 aromatic carbocycles. The molecule has 0 unspecified atom stereocenters. The Kier molecular flexibility index (Phi) is 0.524. The first-order valence-corrected chi connectivity index (χ1v) is 0.565. The molecule has 0 aliphatic carbocycles. The third-order valence-electron chi connectivity index (χ3n) is 0. The molecule has 4 heteroatoms. The summed E-state index contributed by atoms with van der Waals surface area (Å²) < 4.78 is 0. The van der Waals surface area contributed by atoms with Crippen molar-refractivity contribution in [1.29, 1.82) is 0 Å². The van der Waals surface area contributed by atoms with Crippen molar-refractivity contribution in [3.8, 4) is 0 Å². The largest absolute Gasteiger partial charge is 0.328 e. The molecule has 0 bridgehead atoms. The van der Waals surface area contributed by atoms with E-state index in [1.54, 1.807) is 0 Å². The number of rotatable bonds is 0. The zero-order valence-electron chi connectivity index (χ0n) is 1.71. The number of nitrogens with zero attached hydrogens (tertiary/aromatic N) is 1. The standard InChI is InChI=1S/HNO3/c2-1(3)4/h(H,2,3,4)/i1+1. The topological polar surface area (TPSA) is 63.4 Å². The van der Waals surface area contributed by atoms with Crippen LogP contribution in [0.2, 0.25) is 0 Å². The predicted molar refractivity (Wildman–Crippen MR) is 8.78 cm³/mol. The van der Waals surface area contributed by atoms with Crippen LogP contribution in [0, 0.1) is 10.1 Å². The SMILES string of the molecule is O=[15N+]([O-])O. The second-order valence-electron chi connectivity index (χ2n) is 0.238. The van der Waals surface area contributed by atoms with Gasteiger partial charge in [0.25, 0.3) is 5.09 Å². The van der Waals surface area contributed by atoms with E-state index in [0.717, 1.165) is 0 Å². The summed E-state index contributed by atoms with van der Waals surface area (Å²) in [5, 5.41) is 13.6. The van der Waals surface area contributed by atoms with Gasteiger partial charge in [-0.1, -0.05) is 0 Å². The lowest BCUT2D eigenvalue weighted by Crippen LogP contribution is -1.81.